The van der Waals surface area contributed by atoms with Crippen molar-refractivity contribution >= 4 is 37.6 Å². The second-order valence-corrected chi connectivity index (χ2v) is 7.44. The lowest BCUT2D eigenvalue weighted by Crippen LogP contribution is -2.27. The Morgan fingerprint density at radius 2 is 1.10 bits per heavy atom. The summed E-state index contributed by atoms with van der Waals surface area (Å²) >= 11 is 0. The summed E-state index contributed by atoms with van der Waals surface area (Å²) in [5.41, 5.74) is 0. The van der Waals surface area contributed by atoms with Crippen LogP contribution in [0.3, 0.4) is 0 Å². The Hall–Kier alpha value is -1.81. The van der Waals surface area contributed by atoms with Gasteiger partial charge in [0, 0.05) is 0 Å². The molecule has 0 aromatic heterocycles. The molecule has 1 nitrogen and oxygen atoms in total. The standard InChI is InChI=1S/C18H14OP2/c19-20-17-13-7-8-14-18(17)21(15-9-3-1-4-10-15)16-11-5-2-6-12-16/h1-14H. The summed E-state index contributed by atoms with van der Waals surface area (Å²) in [6.07, 6.45) is 0. The van der Waals surface area contributed by atoms with E-state index in [0.29, 0.717) is 0 Å². The molecule has 0 N–H and O–H groups in total. The van der Waals surface area contributed by atoms with Gasteiger partial charge in [-0.15, -0.1) is 0 Å². The van der Waals surface area contributed by atoms with E-state index in [1.807, 2.05) is 30.3 Å². The lowest BCUT2D eigenvalue weighted by Gasteiger charge is -2.20. The molecule has 0 saturated carbocycles. The molecular formula is C18H14OP2. The molecule has 102 valence electrons. The second-order valence-electron chi connectivity index (χ2n) is 4.59. The van der Waals surface area contributed by atoms with E-state index in [9.17, 15) is 4.57 Å². The first-order valence-corrected chi connectivity index (χ1v) is 8.88. The highest BCUT2D eigenvalue weighted by Gasteiger charge is 2.18. The van der Waals surface area contributed by atoms with Crippen molar-refractivity contribution < 1.29 is 4.57 Å². The van der Waals surface area contributed by atoms with E-state index in [1.54, 1.807) is 0 Å². The maximum Gasteiger partial charge on any atom is 0.192 e. The van der Waals surface area contributed by atoms with Crippen molar-refractivity contribution in [1.29, 1.82) is 0 Å². The summed E-state index contributed by atoms with van der Waals surface area (Å²) in [4.78, 5) is 0. The Bertz CT molecular complexity index is 687. The van der Waals surface area contributed by atoms with E-state index in [0.717, 1.165) is 10.6 Å². The Kier molecular flexibility index (Phi) is 4.55. The van der Waals surface area contributed by atoms with Crippen LogP contribution in [0.4, 0.5) is 0 Å². The molecular weight excluding hydrogens is 294 g/mol. The molecule has 0 spiro atoms. The van der Waals surface area contributed by atoms with Crippen molar-refractivity contribution in [3.05, 3.63) is 84.9 Å². The molecule has 3 heteroatoms. The van der Waals surface area contributed by atoms with Gasteiger partial charge in [0.2, 0.25) is 0 Å². The van der Waals surface area contributed by atoms with Gasteiger partial charge in [-0.2, -0.15) is 0 Å². The molecule has 0 aliphatic rings. The van der Waals surface area contributed by atoms with Crippen molar-refractivity contribution in [1.82, 2.24) is 0 Å². The first-order chi connectivity index (χ1) is 10.4. The fraction of sp³-hybridized carbons (Fsp3) is 0. The molecule has 0 fully saturated rings. The molecule has 21 heavy (non-hydrogen) atoms. The van der Waals surface area contributed by atoms with Gasteiger partial charge in [-0.25, -0.2) is 0 Å². The fourth-order valence-corrected chi connectivity index (χ4v) is 5.38. The van der Waals surface area contributed by atoms with Crippen LogP contribution < -0.4 is 21.2 Å². The van der Waals surface area contributed by atoms with E-state index < -0.39 is 7.92 Å². The quantitative estimate of drug-likeness (QED) is 0.676. The summed E-state index contributed by atoms with van der Waals surface area (Å²) in [6.45, 7) is 0. The number of hydrogen-bond acceptors (Lipinski definition) is 1. The van der Waals surface area contributed by atoms with Crippen molar-refractivity contribution in [2.24, 2.45) is 0 Å². The van der Waals surface area contributed by atoms with E-state index >= 15 is 0 Å². The topological polar surface area (TPSA) is 17.1 Å². The van der Waals surface area contributed by atoms with Gasteiger partial charge in [-0.3, -0.25) is 4.57 Å². The Labute approximate surface area is 127 Å². The van der Waals surface area contributed by atoms with Gasteiger partial charge in [0.15, 0.2) is 8.46 Å². The van der Waals surface area contributed by atoms with Gasteiger partial charge < -0.3 is 0 Å². The zero-order valence-corrected chi connectivity index (χ0v) is 13.2. The van der Waals surface area contributed by atoms with Gasteiger partial charge >= 0.3 is 0 Å². The minimum atomic E-state index is -0.680. The maximum absolute atomic E-state index is 11.5. The van der Waals surface area contributed by atoms with E-state index in [-0.39, 0.29) is 8.46 Å². The minimum absolute atomic E-state index is 0.0785. The highest BCUT2D eigenvalue weighted by molar-refractivity contribution is 7.80. The third-order valence-electron chi connectivity index (χ3n) is 3.25. The summed E-state index contributed by atoms with van der Waals surface area (Å²) in [5, 5.41) is 4.57. The molecule has 0 saturated heterocycles. The second kappa shape index (κ2) is 6.76. The zero-order valence-electron chi connectivity index (χ0n) is 11.4. The lowest BCUT2D eigenvalue weighted by atomic mass is 10.3. The molecule has 0 bridgehead atoms. The molecule has 0 heterocycles. The average Bonchev–Trinajstić information content (AvgIpc) is 2.58. The predicted octanol–water partition coefficient (Wildman–Crippen LogP) is 3.36. The van der Waals surface area contributed by atoms with Crippen molar-refractivity contribution in [3.8, 4) is 0 Å². The van der Waals surface area contributed by atoms with Crippen molar-refractivity contribution in [2.75, 3.05) is 0 Å². The molecule has 0 amide bonds. The SMILES string of the molecule is O=Pc1ccccc1P(c1ccccc1)c1ccccc1. The molecule has 0 aliphatic carbocycles. The number of benzene rings is 3. The summed E-state index contributed by atoms with van der Waals surface area (Å²) in [6, 6.07) is 28.9. The zero-order chi connectivity index (χ0) is 14.5. The lowest BCUT2D eigenvalue weighted by molar-refractivity contribution is 0.603. The summed E-state index contributed by atoms with van der Waals surface area (Å²) < 4.78 is 11.5. The van der Waals surface area contributed by atoms with Gasteiger partial charge in [0.05, 0.1) is 5.30 Å². The molecule has 3 rings (SSSR count). The van der Waals surface area contributed by atoms with Gasteiger partial charge in [-0.1, -0.05) is 78.9 Å². The van der Waals surface area contributed by atoms with Crippen LogP contribution in [-0.2, 0) is 4.57 Å². The molecule has 0 radical (unpaired) electrons. The van der Waals surface area contributed by atoms with Crippen molar-refractivity contribution in [2.45, 2.75) is 0 Å². The molecule has 3 aromatic carbocycles. The average molecular weight is 308 g/mol. The van der Waals surface area contributed by atoms with Crippen LogP contribution in [0.2, 0.25) is 0 Å². The third-order valence-corrected chi connectivity index (χ3v) is 6.51. The van der Waals surface area contributed by atoms with Crippen LogP contribution in [0.25, 0.3) is 0 Å². The van der Waals surface area contributed by atoms with E-state index in [1.165, 1.54) is 10.6 Å². The maximum atomic E-state index is 11.5. The first kappa shape index (κ1) is 14.1. The highest BCUT2D eigenvalue weighted by atomic mass is 31.1. The molecule has 3 aromatic rings. The Morgan fingerprint density at radius 1 is 0.619 bits per heavy atom. The van der Waals surface area contributed by atoms with Crippen LogP contribution >= 0.6 is 16.4 Å². The van der Waals surface area contributed by atoms with Gasteiger partial charge in [-0.05, 0) is 29.9 Å². The number of hydrogen-bond donors (Lipinski definition) is 0. The van der Waals surface area contributed by atoms with Crippen LogP contribution in [0.5, 0.6) is 0 Å². The van der Waals surface area contributed by atoms with E-state index in [4.69, 9.17) is 0 Å². The monoisotopic (exact) mass is 308 g/mol. The molecule has 0 atom stereocenters. The third kappa shape index (κ3) is 3.10. The summed E-state index contributed by atoms with van der Waals surface area (Å²) in [5.74, 6) is 0. The predicted molar refractivity (Wildman–Crippen MR) is 92.4 cm³/mol. The summed E-state index contributed by atoms with van der Waals surface area (Å²) in [7, 11) is -0.601. The van der Waals surface area contributed by atoms with Crippen LogP contribution in [0, 0.1) is 0 Å². The molecule has 0 unspecified atom stereocenters. The van der Waals surface area contributed by atoms with E-state index in [2.05, 4.69) is 54.6 Å². The minimum Gasteiger partial charge on any atom is -0.269 e. The first-order valence-electron chi connectivity index (χ1n) is 6.73. The van der Waals surface area contributed by atoms with Crippen LogP contribution in [0.15, 0.2) is 84.9 Å². The van der Waals surface area contributed by atoms with Crippen molar-refractivity contribution in [3.63, 3.8) is 0 Å². The van der Waals surface area contributed by atoms with Gasteiger partial charge in [0.25, 0.3) is 0 Å². The van der Waals surface area contributed by atoms with Gasteiger partial charge in [0.1, 0.15) is 0 Å². The van der Waals surface area contributed by atoms with Crippen LogP contribution in [-0.4, -0.2) is 0 Å². The normalized spacial score (nSPS) is 10.9. The Balaban J connectivity index is 2.20. The largest absolute Gasteiger partial charge is 0.269 e. The fourth-order valence-electron chi connectivity index (χ4n) is 2.31. The molecule has 0 aliphatic heterocycles. The Morgan fingerprint density at radius 3 is 1.62 bits per heavy atom. The van der Waals surface area contributed by atoms with Crippen LogP contribution in [0.1, 0.15) is 0 Å². The smallest absolute Gasteiger partial charge is 0.192 e. The highest BCUT2D eigenvalue weighted by Crippen LogP contribution is 2.32. The number of rotatable bonds is 4.